The lowest BCUT2D eigenvalue weighted by atomic mass is 10.8. The number of nitrogens with zero attached hydrogens (tertiary/aromatic N) is 1. The molecule has 0 aromatic heterocycles. The van der Waals surface area contributed by atoms with Crippen molar-refractivity contribution in [2.45, 2.75) is 0 Å². The molecule has 1 atom stereocenters. The van der Waals surface area contributed by atoms with E-state index in [1.807, 2.05) is 0 Å². The smallest absolute Gasteiger partial charge is 0.123 e. The molecule has 0 bridgehead atoms. The lowest BCUT2D eigenvalue weighted by molar-refractivity contribution is 0.603. The Hall–Kier alpha value is -0.0600. The highest BCUT2D eigenvalue weighted by Gasteiger charge is 1.82. The molecule has 0 saturated carbocycles. The highest BCUT2D eigenvalue weighted by atomic mass is 32.2. The Morgan fingerprint density at radius 1 is 2.00 bits per heavy atom. The minimum atomic E-state index is -1.08. The molecule has 0 amide bonds. The topological polar surface area (TPSA) is 61.4 Å². The van der Waals surface area contributed by atoms with Crippen molar-refractivity contribution in [2.24, 2.45) is 10.1 Å². The standard InChI is InChI=1S/C3H8N2OS/c1-7(6)5-3-2-4/h3H,2,4H2,1H3. The van der Waals surface area contributed by atoms with Crippen molar-refractivity contribution in [3.63, 3.8) is 0 Å². The molecule has 0 fully saturated rings. The van der Waals surface area contributed by atoms with Crippen LogP contribution in [0.3, 0.4) is 0 Å². The van der Waals surface area contributed by atoms with Gasteiger partial charge in [0.25, 0.3) is 0 Å². The van der Waals surface area contributed by atoms with Gasteiger partial charge in [-0.2, -0.15) is 0 Å². The third-order valence-electron chi connectivity index (χ3n) is 0.328. The van der Waals surface area contributed by atoms with Crippen molar-refractivity contribution in [3.8, 4) is 0 Å². The Bertz CT molecular complexity index is 64.0. The lowest BCUT2D eigenvalue weighted by Gasteiger charge is -1.89. The summed E-state index contributed by atoms with van der Waals surface area (Å²) in [4.78, 5) is 0. The third kappa shape index (κ3) is 5.94. The highest BCUT2D eigenvalue weighted by Crippen LogP contribution is 1.78. The Morgan fingerprint density at radius 3 is 2.71 bits per heavy atom. The van der Waals surface area contributed by atoms with Gasteiger partial charge in [0.2, 0.25) is 0 Å². The molecule has 4 heteroatoms. The summed E-state index contributed by atoms with van der Waals surface area (Å²) in [6, 6.07) is 0. The van der Waals surface area contributed by atoms with E-state index >= 15 is 0 Å². The van der Waals surface area contributed by atoms with Crippen LogP contribution < -0.4 is 5.73 Å². The molecule has 0 aliphatic heterocycles. The molecule has 3 nitrogen and oxygen atoms in total. The van der Waals surface area contributed by atoms with Crippen molar-refractivity contribution in [1.82, 2.24) is 0 Å². The monoisotopic (exact) mass is 120 g/mol. The van der Waals surface area contributed by atoms with E-state index in [0.717, 1.165) is 0 Å². The summed E-state index contributed by atoms with van der Waals surface area (Å²) in [6.07, 6.45) is 2.92. The highest BCUT2D eigenvalue weighted by molar-refractivity contribution is 7.89. The first-order valence-electron chi connectivity index (χ1n) is 1.83. The lowest BCUT2D eigenvalue weighted by Crippen LogP contribution is -2.01. The maximum absolute atomic E-state index is 10.1. The first-order chi connectivity index (χ1) is 3.27. The number of nitrogens with two attached hydrogens (primary N) is 1. The molecule has 0 radical (unpaired) electrons. The number of rotatable bonds is 2. The van der Waals surface area contributed by atoms with Gasteiger partial charge >= 0.3 is 0 Å². The molecule has 0 heterocycles. The zero-order valence-electron chi connectivity index (χ0n) is 4.13. The fraction of sp³-hybridized carbons (Fsp3) is 0.667. The van der Waals surface area contributed by atoms with Crippen molar-refractivity contribution < 1.29 is 4.55 Å². The normalized spacial score (nSPS) is 15.3. The Labute approximate surface area is 45.9 Å². The fourth-order valence-corrected chi connectivity index (χ4v) is 0.444. The molecule has 2 N–H and O–H groups in total. The first-order valence-corrected chi connectivity index (χ1v) is 3.35. The van der Waals surface area contributed by atoms with E-state index in [9.17, 15) is 4.55 Å². The van der Waals surface area contributed by atoms with Crippen molar-refractivity contribution in [3.05, 3.63) is 0 Å². The van der Waals surface area contributed by atoms with Crippen molar-refractivity contribution in [1.29, 1.82) is 0 Å². The zero-order chi connectivity index (χ0) is 5.70. The van der Waals surface area contributed by atoms with Crippen LogP contribution >= 0.6 is 0 Å². The quantitative estimate of drug-likeness (QED) is 0.387. The van der Waals surface area contributed by atoms with E-state index in [1.54, 1.807) is 0 Å². The molecule has 0 aliphatic rings. The van der Waals surface area contributed by atoms with Crippen LogP contribution in [0, 0.1) is 0 Å². The van der Waals surface area contributed by atoms with Crippen LogP contribution in [-0.4, -0.2) is 23.6 Å². The minimum absolute atomic E-state index is 0.361. The maximum Gasteiger partial charge on any atom is 0.123 e. The van der Waals surface area contributed by atoms with Gasteiger partial charge < -0.3 is 10.3 Å². The third-order valence-corrected chi connectivity index (χ3v) is 0.774. The van der Waals surface area contributed by atoms with E-state index in [1.165, 1.54) is 12.5 Å². The maximum atomic E-state index is 10.1. The number of hydrogen-bond donors (Lipinski definition) is 1. The molecule has 42 valence electrons. The van der Waals surface area contributed by atoms with Crippen LogP contribution in [0.25, 0.3) is 0 Å². The minimum Gasteiger partial charge on any atom is -0.592 e. The summed E-state index contributed by atoms with van der Waals surface area (Å²) >= 11 is -1.08. The average Bonchev–Trinajstić information content (AvgIpc) is 1.61. The van der Waals surface area contributed by atoms with Crippen LogP contribution in [-0.2, 0) is 11.4 Å². The predicted molar refractivity (Wildman–Crippen MR) is 31.6 cm³/mol. The zero-order valence-corrected chi connectivity index (χ0v) is 4.94. The molecule has 0 spiro atoms. The van der Waals surface area contributed by atoms with Crippen LogP contribution in [0.4, 0.5) is 0 Å². The van der Waals surface area contributed by atoms with Gasteiger partial charge in [-0.05, 0) is 0 Å². The SMILES string of the molecule is C[S+]([O-])N=CCN. The van der Waals surface area contributed by atoms with Crippen molar-refractivity contribution in [2.75, 3.05) is 12.8 Å². The van der Waals surface area contributed by atoms with E-state index < -0.39 is 11.4 Å². The molecular weight excluding hydrogens is 112 g/mol. The second-order valence-electron chi connectivity index (χ2n) is 0.947. The predicted octanol–water partition coefficient (Wildman–Crippen LogP) is -0.691. The summed E-state index contributed by atoms with van der Waals surface area (Å²) < 4.78 is 13.5. The van der Waals surface area contributed by atoms with Crippen molar-refractivity contribution >= 4 is 17.6 Å². The van der Waals surface area contributed by atoms with Gasteiger partial charge in [-0.25, -0.2) is 0 Å². The van der Waals surface area contributed by atoms with Gasteiger partial charge in [-0.1, -0.05) is 4.40 Å². The molecule has 0 aromatic carbocycles. The van der Waals surface area contributed by atoms with E-state index in [4.69, 9.17) is 5.73 Å². The van der Waals surface area contributed by atoms with Gasteiger partial charge in [0, 0.05) is 6.54 Å². The van der Waals surface area contributed by atoms with Gasteiger partial charge in [0.15, 0.2) is 0 Å². The molecular formula is C3H8N2OS. The summed E-state index contributed by atoms with van der Waals surface area (Å²) in [7, 11) is 0. The van der Waals surface area contributed by atoms with Gasteiger partial charge in [0.1, 0.15) is 6.26 Å². The molecule has 1 unspecified atom stereocenters. The molecule has 0 aliphatic carbocycles. The summed E-state index contributed by atoms with van der Waals surface area (Å²) in [6.45, 7) is 0.361. The molecule has 7 heavy (non-hydrogen) atoms. The van der Waals surface area contributed by atoms with Gasteiger partial charge in [0.05, 0.1) is 17.6 Å². The van der Waals surface area contributed by atoms with E-state index in [2.05, 4.69) is 4.40 Å². The van der Waals surface area contributed by atoms with Crippen LogP contribution in [0.2, 0.25) is 0 Å². The number of hydrogen-bond acceptors (Lipinski definition) is 3. The average molecular weight is 120 g/mol. The van der Waals surface area contributed by atoms with E-state index in [-0.39, 0.29) is 0 Å². The molecule has 0 rings (SSSR count). The Balaban J connectivity index is 3.08. The largest absolute Gasteiger partial charge is 0.592 e. The first kappa shape index (κ1) is 6.94. The summed E-state index contributed by atoms with van der Waals surface area (Å²) in [5, 5.41) is 0. The van der Waals surface area contributed by atoms with Crippen LogP contribution in [0.15, 0.2) is 4.40 Å². The van der Waals surface area contributed by atoms with Crippen LogP contribution in [0.1, 0.15) is 0 Å². The summed E-state index contributed by atoms with van der Waals surface area (Å²) in [5.41, 5.74) is 4.99. The van der Waals surface area contributed by atoms with E-state index in [0.29, 0.717) is 6.54 Å². The second-order valence-corrected chi connectivity index (χ2v) is 2.01. The molecule has 0 saturated heterocycles. The van der Waals surface area contributed by atoms with Gasteiger partial charge in [-0.3, -0.25) is 0 Å². The second kappa shape index (κ2) is 4.11. The summed E-state index contributed by atoms with van der Waals surface area (Å²) in [5.74, 6) is 0. The van der Waals surface area contributed by atoms with Gasteiger partial charge in [-0.15, -0.1) is 0 Å². The molecule has 0 aromatic rings. The fourth-order valence-electron chi connectivity index (χ4n) is 0.148. The Morgan fingerprint density at radius 2 is 2.57 bits per heavy atom. The Kier molecular flexibility index (Phi) is 4.07. The van der Waals surface area contributed by atoms with Crippen LogP contribution in [0.5, 0.6) is 0 Å².